The number of hydrogen-bond acceptors (Lipinski definition) is 2. The monoisotopic (exact) mass is 336 g/mol. The minimum Gasteiger partial charge on any atom is -0.508 e. The first-order valence-electron chi connectivity index (χ1n) is 5.73. The van der Waals surface area contributed by atoms with Gasteiger partial charge in [-0.25, -0.2) is 0 Å². The number of benzene rings is 2. The smallest absolute Gasteiger partial charge is 0.399 e. The van der Waals surface area contributed by atoms with Crippen LogP contribution in [0.1, 0.15) is 17.0 Å². The Bertz CT molecular complexity index is 620. The number of phenolic OH excluding ortho intramolecular Hbond substituents is 2. The van der Waals surface area contributed by atoms with Crippen molar-refractivity contribution in [2.75, 3.05) is 0 Å². The normalized spacial score (nSPS) is 11.9. The summed E-state index contributed by atoms with van der Waals surface area (Å²) in [7, 11) is 0. The van der Waals surface area contributed by atoms with Gasteiger partial charge in [0.15, 0.2) is 0 Å². The first-order chi connectivity index (χ1) is 9.70. The van der Waals surface area contributed by atoms with Gasteiger partial charge in [-0.2, -0.15) is 13.2 Å². The van der Waals surface area contributed by atoms with E-state index in [1.54, 1.807) is 0 Å². The summed E-state index contributed by atoms with van der Waals surface area (Å²) in [5.74, 6) is -3.38. The van der Waals surface area contributed by atoms with E-state index in [1.807, 2.05) is 0 Å². The molecule has 0 amide bonds. The fourth-order valence-corrected chi connectivity index (χ4v) is 2.39. The van der Waals surface area contributed by atoms with Crippen LogP contribution in [0.4, 0.5) is 13.2 Å². The zero-order chi connectivity index (χ0) is 15.8. The van der Waals surface area contributed by atoms with Crippen molar-refractivity contribution in [2.24, 2.45) is 0 Å². The zero-order valence-electron chi connectivity index (χ0n) is 10.3. The predicted molar refractivity (Wildman–Crippen MR) is 74.1 cm³/mol. The molecule has 2 N–H and O–H groups in total. The molecular weight excluding hydrogens is 328 g/mol. The Morgan fingerprint density at radius 1 is 0.810 bits per heavy atom. The third kappa shape index (κ3) is 3.36. The number of rotatable bonds is 2. The van der Waals surface area contributed by atoms with Crippen molar-refractivity contribution in [3.63, 3.8) is 0 Å². The summed E-state index contributed by atoms with van der Waals surface area (Å²) in [4.78, 5) is 0. The van der Waals surface area contributed by atoms with Crippen molar-refractivity contribution in [1.29, 1.82) is 0 Å². The lowest BCUT2D eigenvalue weighted by molar-refractivity contribution is -0.141. The quantitative estimate of drug-likeness (QED) is 0.801. The van der Waals surface area contributed by atoms with Gasteiger partial charge < -0.3 is 10.2 Å². The maximum atomic E-state index is 13.4. The fourth-order valence-electron chi connectivity index (χ4n) is 2.03. The van der Waals surface area contributed by atoms with E-state index in [2.05, 4.69) is 0 Å². The van der Waals surface area contributed by atoms with Crippen molar-refractivity contribution >= 4 is 23.2 Å². The highest BCUT2D eigenvalue weighted by Crippen LogP contribution is 2.47. The molecule has 21 heavy (non-hydrogen) atoms. The van der Waals surface area contributed by atoms with Crippen molar-refractivity contribution < 1.29 is 23.4 Å². The molecule has 2 aromatic rings. The summed E-state index contributed by atoms with van der Waals surface area (Å²) in [6.07, 6.45) is -4.75. The van der Waals surface area contributed by atoms with Crippen molar-refractivity contribution in [3.8, 4) is 11.5 Å². The molecule has 7 heteroatoms. The van der Waals surface area contributed by atoms with E-state index in [0.29, 0.717) is 0 Å². The van der Waals surface area contributed by atoms with Crippen LogP contribution in [0.2, 0.25) is 10.0 Å². The number of hydrogen-bond donors (Lipinski definition) is 2. The Balaban J connectivity index is 2.70. The lowest BCUT2D eigenvalue weighted by atomic mass is 9.89. The standard InChI is InChI=1S/C14H9Cl2F3O2/c15-7-1-3-11(20)9(5-7)13(14(17,18)19)10-6-8(16)2-4-12(10)21/h1-6,13,20-21H. The van der Waals surface area contributed by atoms with Gasteiger partial charge in [-0.1, -0.05) is 23.2 Å². The van der Waals surface area contributed by atoms with Gasteiger partial charge in [-0.05, 0) is 36.4 Å². The van der Waals surface area contributed by atoms with E-state index in [4.69, 9.17) is 23.2 Å². The largest absolute Gasteiger partial charge is 0.508 e. The molecule has 0 atom stereocenters. The van der Waals surface area contributed by atoms with E-state index in [9.17, 15) is 23.4 Å². The highest BCUT2D eigenvalue weighted by atomic mass is 35.5. The maximum absolute atomic E-state index is 13.4. The lowest BCUT2D eigenvalue weighted by Crippen LogP contribution is -2.22. The topological polar surface area (TPSA) is 40.5 Å². The highest BCUT2D eigenvalue weighted by Gasteiger charge is 2.44. The molecule has 0 aromatic heterocycles. The van der Waals surface area contributed by atoms with Gasteiger partial charge in [0.05, 0.1) is 0 Å². The van der Waals surface area contributed by atoms with E-state index in [1.165, 1.54) is 12.1 Å². The second-order valence-corrected chi connectivity index (χ2v) is 5.25. The molecular formula is C14H9Cl2F3O2. The van der Waals surface area contributed by atoms with Crippen LogP contribution in [0.3, 0.4) is 0 Å². The molecule has 0 bridgehead atoms. The first-order valence-corrected chi connectivity index (χ1v) is 6.49. The van der Waals surface area contributed by atoms with Gasteiger partial charge in [0.2, 0.25) is 0 Å². The van der Waals surface area contributed by atoms with Crippen LogP contribution in [0, 0.1) is 0 Å². The van der Waals surface area contributed by atoms with Gasteiger partial charge in [-0.15, -0.1) is 0 Å². The number of phenols is 2. The molecule has 2 nitrogen and oxygen atoms in total. The molecule has 0 radical (unpaired) electrons. The summed E-state index contributed by atoms with van der Waals surface area (Å²) < 4.78 is 40.2. The molecule has 0 heterocycles. The molecule has 0 saturated heterocycles. The van der Waals surface area contributed by atoms with E-state index in [0.717, 1.165) is 24.3 Å². The number of alkyl halides is 3. The van der Waals surface area contributed by atoms with Gasteiger partial charge in [0.25, 0.3) is 0 Å². The Morgan fingerprint density at radius 3 is 1.52 bits per heavy atom. The average molecular weight is 337 g/mol. The average Bonchev–Trinajstić information content (AvgIpc) is 2.36. The van der Waals surface area contributed by atoms with Gasteiger partial charge in [-0.3, -0.25) is 0 Å². The highest BCUT2D eigenvalue weighted by molar-refractivity contribution is 6.31. The maximum Gasteiger partial charge on any atom is 0.399 e. The van der Waals surface area contributed by atoms with Crippen molar-refractivity contribution in [1.82, 2.24) is 0 Å². The van der Waals surface area contributed by atoms with E-state index >= 15 is 0 Å². The minimum absolute atomic E-state index is 0.0403. The molecule has 2 rings (SSSR count). The minimum atomic E-state index is -4.75. The first kappa shape index (κ1) is 15.8. The van der Waals surface area contributed by atoms with Crippen LogP contribution in [0.25, 0.3) is 0 Å². The molecule has 0 unspecified atom stereocenters. The predicted octanol–water partition coefficient (Wildman–Crippen LogP) is 5.10. The van der Waals surface area contributed by atoms with Crippen LogP contribution in [-0.2, 0) is 0 Å². The lowest BCUT2D eigenvalue weighted by Gasteiger charge is -2.23. The molecule has 2 aromatic carbocycles. The third-order valence-electron chi connectivity index (χ3n) is 2.93. The summed E-state index contributed by atoms with van der Waals surface area (Å²) in [5.41, 5.74) is -0.903. The van der Waals surface area contributed by atoms with Crippen LogP contribution < -0.4 is 0 Å². The van der Waals surface area contributed by atoms with Gasteiger partial charge in [0, 0.05) is 21.2 Å². The molecule has 112 valence electrons. The Labute approximate surface area is 128 Å². The molecule has 0 aliphatic carbocycles. The molecule has 0 spiro atoms. The van der Waals surface area contributed by atoms with Crippen molar-refractivity contribution in [2.45, 2.75) is 12.1 Å². The summed E-state index contributed by atoms with van der Waals surface area (Å²) in [6.45, 7) is 0. The SMILES string of the molecule is Oc1ccc(Cl)cc1C(c1cc(Cl)ccc1O)C(F)(F)F. The van der Waals surface area contributed by atoms with E-state index in [-0.39, 0.29) is 10.0 Å². The Kier molecular flexibility index (Phi) is 4.25. The Hall–Kier alpha value is -1.59. The zero-order valence-corrected chi connectivity index (χ0v) is 11.8. The molecule has 0 fully saturated rings. The van der Waals surface area contributed by atoms with Crippen LogP contribution in [0.5, 0.6) is 11.5 Å². The summed E-state index contributed by atoms with van der Waals surface area (Å²) in [5, 5.41) is 19.5. The summed E-state index contributed by atoms with van der Waals surface area (Å²) >= 11 is 11.4. The van der Waals surface area contributed by atoms with Crippen LogP contribution >= 0.6 is 23.2 Å². The van der Waals surface area contributed by atoms with Crippen LogP contribution in [-0.4, -0.2) is 16.4 Å². The van der Waals surface area contributed by atoms with E-state index < -0.39 is 34.7 Å². The second kappa shape index (κ2) is 5.66. The fraction of sp³-hybridized carbons (Fsp3) is 0.143. The Morgan fingerprint density at radius 2 is 1.19 bits per heavy atom. The number of halogens is 5. The number of aromatic hydroxyl groups is 2. The van der Waals surface area contributed by atoms with Crippen LogP contribution in [0.15, 0.2) is 36.4 Å². The molecule has 0 aliphatic heterocycles. The third-order valence-corrected chi connectivity index (χ3v) is 3.40. The van der Waals surface area contributed by atoms with Gasteiger partial charge in [0.1, 0.15) is 17.4 Å². The van der Waals surface area contributed by atoms with Crippen molar-refractivity contribution in [3.05, 3.63) is 57.6 Å². The molecule has 0 aliphatic rings. The second-order valence-electron chi connectivity index (χ2n) is 4.38. The summed E-state index contributed by atoms with van der Waals surface area (Å²) in [6, 6.07) is 6.69. The molecule has 0 saturated carbocycles. The van der Waals surface area contributed by atoms with Gasteiger partial charge >= 0.3 is 6.18 Å².